The first-order valence-corrected chi connectivity index (χ1v) is 24.3. The van der Waals surface area contributed by atoms with Gasteiger partial charge in [-0.1, -0.05) is 53.2 Å². The zero-order chi connectivity index (χ0) is 48.3. The summed E-state index contributed by atoms with van der Waals surface area (Å²) < 4.78 is 35.5. The van der Waals surface area contributed by atoms with E-state index < -0.39 is 128 Å². The van der Waals surface area contributed by atoms with Gasteiger partial charge in [0.25, 0.3) is 0 Å². The number of hydrogen-bond acceptors (Lipinski definition) is 18. The molecule has 5 aliphatic carbocycles. The van der Waals surface area contributed by atoms with Crippen molar-refractivity contribution in [3.8, 4) is 0 Å². The lowest BCUT2D eigenvalue weighted by atomic mass is 9.33. The average molecular weight is 943 g/mol. The number of allylic oxidation sites excluding steroid dienone is 2. The number of rotatable bonds is 9. The second-order valence-electron chi connectivity index (χ2n) is 23.3. The van der Waals surface area contributed by atoms with E-state index in [2.05, 4.69) is 40.7 Å². The lowest BCUT2D eigenvalue weighted by Gasteiger charge is -2.71. The second-order valence-corrected chi connectivity index (χ2v) is 23.3. The van der Waals surface area contributed by atoms with Gasteiger partial charge in [-0.2, -0.15) is 0 Å². The number of ether oxygens (including phenoxy) is 6. The normalized spacial score (nSPS) is 54.8. The smallest absolute Gasteiger partial charge is 0.315 e. The molecule has 18 heteroatoms. The monoisotopic (exact) mass is 943 g/mol. The topological polar surface area (TPSA) is 295 Å². The van der Waals surface area contributed by atoms with Gasteiger partial charge in [0, 0.05) is 5.41 Å². The minimum Gasteiger partial charge on any atom is -0.432 e. The van der Waals surface area contributed by atoms with Crippen LogP contribution in [-0.4, -0.2) is 180 Å². The van der Waals surface area contributed by atoms with Crippen LogP contribution in [0.15, 0.2) is 11.6 Å². The molecule has 0 bridgehead atoms. The third kappa shape index (κ3) is 7.87. The maximum absolute atomic E-state index is 14.7. The van der Waals surface area contributed by atoms with Gasteiger partial charge in [-0.3, -0.25) is 4.79 Å². The first-order valence-electron chi connectivity index (χ1n) is 24.3. The van der Waals surface area contributed by atoms with Crippen LogP contribution in [0.5, 0.6) is 0 Å². The van der Waals surface area contributed by atoms with Gasteiger partial charge in [0.15, 0.2) is 12.6 Å². The van der Waals surface area contributed by atoms with Crippen LogP contribution in [0.3, 0.4) is 0 Å². The Balaban J connectivity index is 1.01. The molecule has 24 atom stereocenters. The van der Waals surface area contributed by atoms with Crippen LogP contribution < -0.4 is 0 Å². The number of hydrogen-bond donors (Lipinski definition) is 11. The number of aliphatic hydroxyl groups is 11. The summed E-state index contributed by atoms with van der Waals surface area (Å²) in [6, 6.07) is 0. The van der Waals surface area contributed by atoms with Crippen molar-refractivity contribution in [1.82, 2.24) is 0 Å². The third-order valence-corrected chi connectivity index (χ3v) is 19.4. The van der Waals surface area contributed by atoms with Gasteiger partial charge in [-0.25, -0.2) is 0 Å². The van der Waals surface area contributed by atoms with Crippen LogP contribution in [0.4, 0.5) is 0 Å². The van der Waals surface area contributed by atoms with E-state index in [-0.39, 0.29) is 46.0 Å². The lowest BCUT2D eigenvalue weighted by Crippen LogP contribution is -2.67. The van der Waals surface area contributed by atoms with Crippen LogP contribution in [0.1, 0.15) is 113 Å². The molecular weight excluding hydrogens is 865 g/mol. The summed E-state index contributed by atoms with van der Waals surface area (Å²) >= 11 is 0. The highest BCUT2D eigenvalue weighted by molar-refractivity contribution is 5.79. The van der Waals surface area contributed by atoms with Gasteiger partial charge < -0.3 is 84.6 Å². The van der Waals surface area contributed by atoms with E-state index >= 15 is 0 Å². The molecule has 18 nitrogen and oxygen atoms in total. The molecule has 0 aromatic carbocycles. The van der Waals surface area contributed by atoms with Crippen molar-refractivity contribution >= 4 is 5.97 Å². The third-order valence-electron chi connectivity index (χ3n) is 19.4. The highest BCUT2D eigenvalue weighted by atomic mass is 16.7. The van der Waals surface area contributed by atoms with E-state index in [1.807, 2.05) is 6.92 Å². The summed E-state index contributed by atoms with van der Waals surface area (Å²) in [6.45, 7) is 13.8. The Morgan fingerprint density at radius 3 is 1.94 bits per heavy atom. The number of aliphatic hydroxyl groups excluding tert-OH is 11. The molecule has 0 aromatic heterocycles. The minimum atomic E-state index is -1.70. The van der Waals surface area contributed by atoms with Crippen LogP contribution in [-0.2, 0) is 33.2 Å². The SMILES string of the molecule is C[C@H]1O[C@@H](OC[C@@H]2O[C@H](O[C@@H]3CC[C@@]4(C)[C@H](CC[C@]5(C)[C@@H]4CC=C4[C@@H]6CC(C)(C)CC[C@]6(C(=O)O[C@@H]6O[C@H](CO)[C@@H](O)[C@H](O)[C@@H]6O)CC[C@@]45C)[C@@]3(C)CO)[C@@H](O)[C@H](O)[C@H]2O)[C@H](O)[C@@H](O)[C@@H]1O. The Kier molecular flexibility index (Phi) is 13.9. The molecular formula is C48H78O18. The van der Waals surface area contributed by atoms with Gasteiger partial charge in [0.1, 0.15) is 67.1 Å². The molecule has 0 spiro atoms. The van der Waals surface area contributed by atoms with Gasteiger partial charge >= 0.3 is 5.97 Å². The molecule has 378 valence electrons. The standard InChI is InChI=1S/C48H78O18/c1-22-30(51)33(54)36(57)39(62-22)61-20-26-32(53)35(56)37(58)40(64-26)65-29-11-12-44(4)27(45(29,5)21-50)10-13-47(7)28(44)9-8-23-24-18-43(2,3)14-16-48(24,17-15-46(23,47)6)42(60)66-41-38(59)34(55)31(52)25(19-49)63-41/h8,22,24-41,49-59H,9-21H2,1-7H3/t22-,24+,25-,26+,27+,28-,29-,30-,31-,32+,33+,34+,35-,36-,37+,38+,39-,40-,41+,44+,45-,46+,47-,48+/m1/s1. The van der Waals surface area contributed by atoms with Crippen molar-refractivity contribution in [2.24, 2.45) is 50.2 Å². The Labute approximate surface area is 387 Å². The quantitative estimate of drug-likeness (QED) is 0.0833. The molecule has 8 aliphatic rings. The van der Waals surface area contributed by atoms with E-state index in [1.54, 1.807) is 0 Å². The Bertz CT molecular complexity index is 1800. The Morgan fingerprint density at radius 2 is 1.27 bits per heavy atom. The van der Waals surface area contributed by atoms with Crippen molar-refractivity contribution in [2.75, 3.05) is 19.8 Å². The average Bonchev–Trinajstić information content (AvgIpc) is 3.27. The molecule has 4 saturated carbocycles. The zero-order valence-corrected chi connectivity index (χ0v) is 39.5. The fourth-order valence-corrected chi connectivity index (χ4v) is 14.9. The molecule has 11 N–H and O–H groups in total. The van der Waals surface area contributed by atoms with Crippen LogP contribution in [0.2, 0.25) is 0 Å². The van der Waals surface area contributed by atoms with Crippen LogP contribution in [0, 0.1) is 50.2 Å². The number of fused-ring (bicyclic) bond motifs is 7. The van der Waals surface area contributed by atoms with E-state index in [1.165, 1.54) is 12.5 Å². The summed E-state index contributed by atoms with van der Waals surface area (Å²) in [5.74, 6) is -0.514. The maximum Gasteiger partial charge on any atom is 0.315 e. The zero-order valence-electron chi connectivity index (χ0n) is 39.5. The molecule has 0 radical (unpaired) electrons. The molecule has 0 aromatic rings. The van der Waals surface area contributed by atoms with Crippen molar-refractivity contribution in [2.45, 2.75) is 211 Å². The highest BCUT2D eigenvalue weighted by Gasteiger charge is 2.70. The van der Waals surface area contributed by atoms with Crippen molar-refractivity contribution in [1.29, 1.82) is 0 Å². The second kappa shape index (κ2) is 18.0. The predicted octanol–water partition coefficient (Wildman–Crippen LogP) is 0.141. The van der Waals surface area contributed by atoms with E-state index in [4.69, 9.17) is 28.4 Å². The first-order chi connectivity index (χ1) is 30.8. The fourth-order valence-electron chi connectivity index (χ4n) is 14.9. The summed E-state index contributed by atoms with van der Waals surface area (Å²) in [7, 11) is 0. The van der Waals surface area contributed by atoms with E-state index in [0.29, 0.717) is 25.7 Å². The van der Waals surface area contributed by atoms with Crippen molar-refractivity contribution < 1.29 is 89.4 Å². The molecule has 7 fully saturated rings. The Morgan fingerprint density at radius 1 is 0.667 bits per heavy atom. The molecule has 0 amide bonds. The number of carbonyl (C=O) groups is 1. The van der Waals surface area contributed by atoms with Gasteiger partial charge in [-0.05, 0) is 111 Å². The summed E-state index contributed by atoms with van der Waals surface area (Å²) in [6.07, 6.45) is -13.3. The van der Waals surface area contributed by atoms with Crippen LogP contribution >= 0.6 is 0 Å². The maximum atomic E-state index is 14.7. The van der Waals surface area contributed by atoms with Gasteiger partial charge in [-0.15, -0.1) is 0 Å². The lowest BCUT2D eigenvalue weighted by molar-refractivity contribution is -0.346. The molecule has 0 unspecified atom stereocenters. The number of esters is 1. The Hall–Kier alpha value is -1.43. The molecule has 3 saturated heterocycles. The largest absolute Gasteiger partial charge is 0.432 e. The van der Waals surface area contributed by atoms with E-state index in [9.17, 15) is 61.0 Å². The summed E-state index contributed by atoms with van der Waals surface area (Å²) in [4.78, 5) is 14.7. The molecule has 3 aliphatic heterocycles. The van der Waals surface area contributed by atoms with Crippen molar-refractivity contribution in [3.63, 3.8) is 0 Å². The van der Waals surface area contributed by atoms with Gasteiger partial charge in [0.05, 0.1) is 37.4 Å². The summed E-state index contributed by atoms with van der Waals surface area (Å²) in [5, 5.41) is 117. The first kappa shape index (κ1) is 50.9. The van der Waals surface area contributed by atoms with Crippen molar-refractivity contribution in [3.05, 3.63) is 11.6 Å². The fraction of sp³-hybridized carbons (Fsp3) is 0.938. The molecule has 66 heavy (non-hydrogen) atoms. The predicted molar refractivity (Wildman–Crippen MR) is 230 cm³/mol. The molecule has 8 rings (SSSR count). The van der Waals surface area contributed by atoms with Crippen LogP contribution in [0.25, 0.3) is 0 Å². The highest BCUT2D eigenvalue weighted by Crippen LogP contribution is 2.76. The summed E-state index contributed by atoms with van der Waals surface area (Å²) in [5.41, 5.74) is -1.33. The van der Waals surface area contributed by atoms with Gasteiger partial charge in [0.2, 0.25) is 6.29 Å². The van der Waals surface area contributed by atoms with E-state index in [0.717, 1.165) is 38.5 Å². The minimum absolute atomic E-state index is 0.0285. The molecule has 3 heterocycles. The number of carbonyl (C=O) groups excluding carboxylic acids is 1.